The fraction of sp³-hybridized carbons (Fsp3) is 0.244. The molecule has 0 spiro atoms. The SMILES string of the molecule is Cc1c[c-]c(-c2cc(CC3CCCCC3)c([Si](C)(C)C)cn2)cc1.[Ir].[c-]1ccc2c(oc3cc(-c4ccccc4)ccc32)c1-c1ccccn1. The zero-order valence-corrected chi connectivity index (χ0v) is 32.8. The molecule has 0 N–H and O–H groups in total. The molecule has 0 unspecified atom stereocenters. The van der Waals surface area contributed by atoms with E-state index in [9.17, 15) is 0 Å². The quantitative estimate of drug-likeness (QED) is 0.124. The number of furan rings is 1. The van der Waals surface area contributed by atoms with Crippen molar-refractivity contribution in [1.82, 2.24) is 9.97 Å². The Labute approximate surface area is 311 Å². The second-order valence-corrected chi connectivity index (χ2v) is 19.5. The first-order valence-corrected chi connectivity index (χ1v) is 21.2. The Kier molecular flexibility index (Phi) is 11.3. The molecule has 0 atom stereocenters. The number of rotatable bonds is 6. The summed E-state index contributed by atoms with van der Waals surface area (Å²) in [5.74, 6) is 0.867. The van der Waals surface area contributed by atoms with Crippen molar-refractivity contribution in [3.05, 3.63) is 139 Å². The molecule has 3 nitrogen and oxygen atoms in total. The molecule has 1 radical (unpaired) electrons. The normalized spacial score (nSPS) is 13.4. The van der Waals surface area contributed by atoms with E-state index in [1.165, 1.54) is 49.7 Å². The number of aromatic nitrogens is 2. The Morgan fingerprint density at radius 3 is 2.28 bits per heavy atom. The molecule has 1 fully saturated rings. The first-order valence-electron chi connectivity index (χ1n) is 17.7. The first-order chi connectivity index (χ1) is 23.8. The van der Waals surface area contributed by atoms with Crippen LogP contribution in [0.15, 0.2) is 120 Å². The average molecular weight is 849 g/mol. The second kappa shape index (κ2) is 15.8. The summed E-state index contributed by atoms with van der Waals surface area (Å²) in [7, 11) is -1.37. The van der Waals surface area contributed by atoms with Crippen molar-refractivity contribution < 1.29 is 24.5 Å². The van der Waals surface area contributed by atoms with Crippen LogP contribution in [0.1, 0.15) is 43.2 Å². The van der Waals surface area contributed by atoms with Crippen molar-refractivity contribution in [3.63, 3.8) is 0 Å². The fourth-order valence-corrected chi connectivity index (χ4v) is 8.69. The van der Waals surface area contributed by atoms with Gasteiger partial charge in [-0.2, -0.15) is 0 Å². The van der Waals surface area contributed by atoms with Crippen molar-refractivity contribution >= 4 is 35.2 Å². The minimum absolute atomic E-state index is 0. The van der Waals surface area contributed by atoms with Gasteiger partial charge in [0, 0.05) is 37.9 Å². The molecule has 3 aromatic heterocycles. The molecule has 1 saturated carbocycles. The minimum atomic E-state index is -1.37. The molecule has 0 aliphatic heterocycles. The fourth-order valence-electron chi connectivity index (χ4n) is 7.11. The molecule has 0 amide bonds. The zero-order valence-electron chi connectivity index (χ0n) is 29.4. The van der Waals surface area contributed by atoms with Gasteiger partial charge in [0.25, 0.3) is 0 Å². The van der Waals surface area contributed by atoms with Gasteiger partial charge >= 0.3 is 0 Å². The Morgan fingerprint density at radius 1 is 0.760 bits per heavy atom. The van der Waals surface area contributed by atoms with Gasteiger partial charge in [0.1, 0.15) is 5.58 Å². The molecular formula is C45H44IrN2OSi-2. The number of benzene rings is 4. The molecule has 7 aromatic rings. The predicted molar refractivity (Wildman–Crippen MR) is 208 cm³/mol. The average Bonchev–Trinajstić information content (AvgIpc) is 3.51. The summed E-state index contributed by atoms with van der Waals surface area (Å²) in [5, 5.41) is 3.75. The van der Waals surface area contributed by atoms with Gasteiger partial charge in [0.2, 0.25) is 0 Å². The van der Waals surface area contributed by atoms with E-state index in [2.05, 4.69) is 111 Å². The standard InChI is InChI=1S/C23H14NO.C22H30NSi.Ir/c1-2-7-16(8-3-1)17-12-13-18-19-9-6-10-20(21-11-4-5-14-24-21)23(19)25-22(18)15-17;1-17-10-12-19(13-11-17)21-15-20(14-18-8-6-5-7-9-18)22(16-23-21)24(2,3)4;/h1-9,11-15H;10-12,15-16,18H,5-9,14H2,1-4H3;/q2*-1;. The summed E-state index contributed by atoms with van der Waals surface area (Å²) >= 11 is 0. The molecule has 8 rings (SSSR count). The van der Waals surface area contributed by atoms with Crippen LogP contribution < -0.4 is 5.19 Å². The number of hydrogen-bond acceptors (Lipinski definition) is 3. The molecule has 0 bridgehead atoms. The van der Waals surface area contributed by atoms with E-state index in [1.54, 1.807) is 16.9 Å². The third-order valence-electron chi connectivity index (χ3n) is 9.74. The Hall–Kier alpha value is -4.15. The van der Waals surface area contributed by atoms with Crippen molar-refractivity contribution in [1.29, 1.82) is 0 Å². The Balaban J connectivity index is 0.000000170. The van der Waals surface area contributed by atoms with Crippen LogP contribution in [-0.2, 0) is 26.5 Å². The molecule has 50 heavy (non-hydrogen) atoms. The summed E-state index contributed by atoms with van der Waals surface area (Å²) in [6, 6.07) is 42.0. The second-order valence-electron chi connectivity index (χ2n) is 14.5. The summed E-state index contributed by atoms with van der Waals surface area (Å²) in [5.41, 5.74) is 10.8. The third-order valence-corrected chi connectivity index (χ3v) is 11.8. The summed E-state index contributed by atoms with van der Waals surface area (Å²) in [6.07, 6.45) is 12.3. The number of hydrogen-bond donors (Lipinski definition) is 0. The van der Waals surface area contributed by atoms with E-state index >= 15 is 0 Å². The van der Waals surface area contributed by atoms with Crippen molar-refractivity contribution in [3.8, 4) is 33.6 Å². The summed E-state index contributed by atoms with van der Waals surface area (Å²) in [4.78, 5) is 9.25. The minimum Gasteiger partial charge on any atom is -0.501 e. The maximum absolute atomic E-state index is 6.23. The first kappa shape index (κ1) is 35.7. The van der Waals surface area contributed by atoms with Crippen LogP contribution in [0.25, 0.3) is 55.6 Å². The molecular weight excluding hydrogens is 805 g/mol. The van der Waals surface area contributed by atoms with Crippen molar-refractivity contribution in [2.45, 2.75) is 65.1 Å². The van der Waals surface area contributed by atoms with E-state index in [-0.39, 0.29) is 20.1 Å². The molecule has 4 aromatic carbocycles. The predicted octanol–water partition coefficient (Wildman–Crippen LogP) is 11.6. The van der Waals surface area contributed by atoms with Gasteiger partial charge in [0.15, 0.2) is 0 Å². The smallest absolute Gasteiger partial charge is 0.121 e. The van der Waals surface area contributed by atoms with E-state index in [0.717, 1.165) is 55.9 Å². The van der Waals surface area contributed by atoms with Gasteiger partial charge in [0.05, 0.1) is 13.7 Å². The number of nitrogens with zero attached hydrogens (tertiary/aromatic N) is 2. The molecule has 0 saturated heterocycles. The maximum Gasteiger partial charge on any atom is 0.121 e. The van der Waals surface area contributed by atoms with E-state index in [4.69, 9.17) is 9.40 Å². The van der Waals surface area contributed by atoms with Crippen LogP contribution in [0.4, 0.5) is 0 Å². The third kappa shape index (κ3) is 8.07. The Morgan fingerprint density at radius 2 is 1.56 bits per heavy atom. The van der Waals surface area contributed by atoms with E-state index in [0.29, 0.717) is 0 Å². The van der Waals surface area contributed by atoms with Crippen LogP contribution in [0.5, 0.6) is 0 Å². The van der Waals surface area contributed by atoms with Crippen LogP contribution in [0.3, 0.4) is 0 Å². The van der Waals surface area contributed by atoms with Crippen LogP contribution >= 0.6 is 0 Å². The van der Waals surface area contributed by atoms with Gasteiger partial charge in [-0.3, -0.25) is 0 Å². The van der Waals surface area contributed by atoms with Gasteiger partial charge in [-0.15, -0.1) is 53.6 Å². The number of fused-ring (bicyclic) bond motifs is 3. The van der Waals surface area contributed by atoms with Crippen molar-refractivity contribution in [2.24, 2.45) is 5.92 Å². The van der Waals surface area contributed by atoms with Gasteiger partial charge in [-0.25, -0.2) is 0 Å². The molecule has 255 valence electrons. The summed E-state index contributed by atoms with van der Waals surface area (Å²) in [6.45, 7) is 9.42. The maximum atomic E-state index is 6.23. The number of aryl methyl sites for hydroxylation is 1. The largest absolute Gasteiger partial charge is 0.501 e. The van der Waals surface area contributed by atoms with Crippen LogP contribution in [0, 0.1) is 25.0 Å². The molecule has 5 heteroatoms. The Bertz CT molecular complexity index is 2160. The van der Waals surface area contributed by atoms with Crippen LogP contribution in [-0.4, -0.2) is 18.0 Å². The van der Waals surface area contributed by atoms with E-state index in [1.807, 2.05) is 42.5 Å². The van der Waals surface area contributed by atoms with Gasteiger partial charge in [-0.1, -0.05) is 136 Å². The monoisotopic (exact) mass is 849 g/mol. The van der Waals surface area contributed by atoms with Crippen LogP contribution in [0.2, 0.25) is 19.6 Å². The number of pyridine rings is 2. The van der Waals surface area contributed by atoms with Gasteiger partial charge in [-0.05, 0) is 52.2 Å². The topological polar surface area (TPSA) is 38.9 Å². The molecule has 1 aliphatic carbocycles. The zero-order chi connectivity index (χ0) is 33.8. The van der Waals surface area contributed by atoms with Crippen molar-refractivity contribution in [2.75, 3.05) is 0 Å². The van der Waals surface area contributed by atoms with E-state index < -0.39 is 8.07 Å². The molecule has 3 heterocycles. The molecule has 1 aliphatic rings. The van der Waals surface area contributed by atoms with Gasteiger partial charge < -0.3 is 14.4 Å². The summed E-state index contributed by atoms with van der Waals surface area (Å²) < 4.78 is 6.23.